The van der Waals surface area contributed by atoms with E-state index in [9.17, 15) is 4.79 Å². The number of pyridine rings is 2. The van der Waals surface area contributed by atoms with Crippen LogP contribution in [-0.2, 0) is 6.42 Å². The summed E-state index contributed by atoms with van der Waals surface area (Å²) in [5.74, 6) is 0.108. The van der Waals surface area contributed by atoms with E-state index in [1.165, 1.54) is 5.56 Å². The molecule has 2 aromatic heterocycles. The van der Waals surface area contributed by atoms with Gasteiger partial charge in [0.25, 0.3) is 5.91 Å². The zero-order valence-corrected chi connectivity index (χ0v) is 15.1. The Morgan fingerprint density at radius 3 is 2.96 bits per heavy atom. The van der Waals surface area contributed by atoms with Gasteiger partial charge in [0.1, 0.15) is 0 Å². The smallest absolute Gasteiger partial charge is 0.255 e. The predicted molar refractivity (Wildman–Crippen MR) is 103 cm³/mol. The summed E-state index contributed by atoms with van der Waals surface area (Å²) in [6.07, 6.45) is 7.71. The molecule has 0 unspecified atom stereocenters. The molecule has 132 valence electrons. The number of hydrogen-bond donors (Lipinski definition) is 0. The molecule has 3 aromatic rings. The van der Waals surface area contributed by atoms with E-state index in [0.29, 0.717) is 11.6 Å². The van der Waals surface area contributed by atoms with Crippen LogP contribution in [0.5, 0.6) is 0 Å². The van der Waals surface area contributed by atoms with Crippen molar-refractivity contribution in [3.8, 4) is 0 Å². The van der Waals surface area contributed by atoms with Crippen LogP contribution in [0.15, 0.2) is 54.9 Å². The number of carbonyl (C=O) groups is 1. The Morgan fingerprint density at radius 2 is 2.08 bits per heavy atom. The van der Waals surface area contributed by atoms with E-state index >= 15 is 0 Å². The van der Waals surface area contributed by atoms with Gasteiger partial charge < -0.3 is 4.90 Å². The third kappa shape index (κ3) is 3.45. The van der Waals surface area contributed by atoms with Crippen molar-refractivity contribution < 1.29 is 4.79 Å². The zero-order chi connectivity index (χ0) is 17.9. The predicted octanol–water partition coefficient (Wildman–Crippen LogP) is 4.18. The summed E-state index contributed by atoms with van der Waals surface area (Å²) in [6.45, 7) is 2.85. The van der Waals surface area contributed by atoms with Crippen molar-refractivity contribution in [2.24, 2.45) is 0 Å². The molecule has 0 bridgehead atoms. The number of amides is 1. The van der Waals surface area contributed by atoms with Gasteiger partial charge in [0.15, 0.2) is 0 Å². The number of likely N-dealkylation sites (tertiary alicyclic amines) is 1. The molecule has 1 aliphatic heterocycles. The summed E-state index contributed by atoms with van der Waals surface area (Å²) < 4.78 is 0. The van der Waals surface area contributed by atoms with Crippen LogP contribution >= 0.6 is 0 Å². The molecule has 1 saturated heterocycles. The normalized spacial score (nSPS) is 17.0. The maximum absolute atomic E-state index is 13.0. The topological polar surface area (TPSA) is 46.1 Å². The second-order valence-electron chi connectivity index (χ2n) is 7.06. The van der Waals surface area contributed by atoms with Crippen LogP contribution in [0, 0.1) is 6.92 Å². The number of nitrogens with zero attached hydrogens (tertiary/aromatic N) is 3. The van der Waals surface area contributed by atoms with Gasteiger partial charge in [0.05, 0.1) is 11.1 Å². The Labute approximate surface area is 153 Å². The molecular formula is C22H23N3O. The monoisotopic (exact) mass is 345 g/mol. The number of para-hydroxylation sites is 1. The lowest BCUT2D eigenvalue weighted by Crippen LogP contribution is -2.35. The fourth-order valence-electron chi connectivity index (χ4n) is 3.85. The maximum atomic E-state index is 13.0. The van der Waals surface area contributed by atoms with E-state index in [-0.39, 0.29) is 5.91 Å². The molecule has 0 spiro atoms. The lowest BCUT2D eigenvalue weighted by atomic mass is 10.0. The molecule has 3 heterocycles. The molecule has 4 heteroatoms. The Hall–Kier alpha value is -2.75. The fraction of sp³-hybridized carbons (Fsp3) is 0.318. The van der Waals surface area contributed by atoms with Gasteiger partial charge in [-0.2, -0.15) is 0 Å². The molecule has 1 aromatic carbocycles. The first-order valence-corrected chi connectivity index (χ1v) is 9.28. The number of aromatic nitrogens is 2. The first-order valence-electron chi connectivity index (χ1n) is 9.28. The van der Waals surface area contributed by atoms with E-state index in [1.807, 2.05) is 48.4 Å². The average Bonchev–Trinajstić information content (AvgIpc) is 3.14. The molecule has 26 heavy (non-hydrogen) atoms. The highest BCUT2D eigenvalue weighted by Gasteiger charge is 2.29. The van der Waals surface area contributed by atoms with E-state index in [4.69, 9.17) is 0 Å². The minimum absolute atomic E-state index is 0.108. The van der Waals surface area contributed by atoms with Gasteiger partial charge in [-0.05, 0) is 62.4 Å². The lowest BCUT2D eigenvalue weighted by Gasteiger charge is -2.25. The summed E-state index contributed by atoms with van der Waals surface area (Å²) in [5.41, 5.74) is 3.96. The van der Waals surface area contributed by atoms with Gasteiger partial charge >= 0.3 is 0 Å². The van der Waals surface area contributed by atoms with E-state index in [1.54, 1.807) is 6.20 Å². The number of benzene rings is 1. The van der Waals surface area contributed by atoms with E-state index in [2.05, 4.69) is 22.1 Å². The largest absolute Gasteiger partial charge is 0.336 e. The van der Waals surface area contributed by atoms with Crippen LogP contribution in [0.1, 0.15) is 40.9 Å². The second kappa shape index (κ2) is 7.24. The molecule has 0 N–H and O–H groups in total. The molecule has 0 radical (unpaired) electrons. The van der Waals surface area contributed by atoms with Crippen molar-refractivity contribution in [1.82, 2.24) is 14.9 Å². The highest BCUT2D eigenvalue weighted by atomic mass is 16.2. The van der Waals surface area contributed by atoms with Crippen molar-refractivity contribution in [3.05, 3.63) is 71.7 Å². The Balaban J connectivity index is 1.48. The van der Waals surface area contributed by atoms with Gasteiger partial charge in [-0.1, -0.05) is 18.2 Å². The second-order valence-corrected chi connectivity index (χ2v) is 7.06. The molecule has 0 aliphatic carbocycles. The molecule has 0 saturated carbocycles. The standard InChI is InChI=1S/C22H23N3O/c1-16-13-17(10-11-23-16)8-9-20-6-4-12-25(20)22(26)19-14-18-5-2-3-7-21(18)24-15-19/h2-3,5,7,10-11,13-15,20H,4,6,8-9,12H2,1H3/t20-/m0/s1. The van der Waals surface area contributed by atoms with Crippen LogP contribution < -0.4 is 0 Å². The highest BCUT2D eigenvalue weighted by Crippen LogP contribution is 2.25. The molecule has 1 fully saturated rings. The Kier molecular flexibility index (Phi) is 4.65. The minimum atomic E-state index is 0.108. The van der Waals surface area contributed by atoms with Gasteiger partial charge in [-0.15, -0.1) is 0 Å². The Morgan fingerprint density at radius 1 is 1.19 bits per heavy atom. The summed E-state index contributed by atoms with van der Waals surface area (Å²) >= 11 is 0. The zero-order valence-electron chi connectivity index (χ0n) is 15.1. The van der Waals surface area contributed by atoms with Crippen molar-refractivity contribution in [1.29, 1.82) is 0 Å². The highest BCUT2D eigenvalue weighted by molar-refractivity contribution is 5.97. The van der Waals surface area contributed by atoms with Crippen molar-refractivity contribution >= 4 is 16.8 Å². The fourth-order valence-corrected chi connectivity index (χ4v) is 3.85. The number of fused-ring (bicyclic) bond motifs is 1. The van der Waals surface area contributed by atoms with Crippen molar-refractivity contribution in [2.45, 2.75) is 38.6 Å². The van der Waals surface area contributed by atoms with Gasteiger partial charge in [-0.25, -0.2) is 0 Å². The summed E-state index contributed by atoms with van der Waals surface area (Å²) in [4.78, 5) is 23.8. The number of hydrogen-bond acceptors (Lipinski definition) is 3. The third-order valence-corrected chi connectivity index (χ3v) is 5.20. The van der Waals surface area contributed by atoms with Gasteiger partial charge in [0, 0.05) is 36.1 Å². The summed E-state index contributed by atoms with van der Waals surface area (Å²) in [7, 11) is 0. The van der Waals surface area contributed by atoms with Crippen LogP contribution in [0.3, 0.4) is 0 Å². The van der Waals surface area contributed by atoms with Crippen molar-refractivity contribution in [2.75, 3.05) is 6.54 Å². The average molecular weight is 345 g/mol. The van der Waals surface area contributed by atoms with Gasteiger partial charge in [0.2, 0.25) is 0 Å². The molecule has 1 amide bonds. The van der Waals surface area contributed by atoms with E-state index in [0.717, 1.165) is 48.8 Å². The lowest BCUT2D eigenvalue weighted by molar-refractivity contribution is 0.0730. The van der Waals surface area contributed by atoms with Gasteiger partial charge in [-0.3, -0.25) is 14.8 Å². The van der Waals surface area contributed by atoms with Crippen LogP contribution in [0.4, 0.5) is 0 Å². The molecule has 1 atom stereocenters. The van der Waals surface area contributed by atoms with Crippen molar-refractivity contribution in [3.63, 3.8) is 0 Å². The molecular weight excluding hydrogens is 322 g/mol. The quantitative estimate of drug-likeness (QED) is 0.713. The minimum Gasteiger partial charge on any atom is -0.336 e. The molecule has 4 rings (SSSR count). The summed E-state index contributed by atoms with van der Waals surface area (Å²) in [6, 6.07) is 14.4. The number of carbonyl (C=O) groups excluding carboxylic acids is 1. The van der Waals surface area contributed by atoms with Crippen LogP contribution in [0.2, 0.25) is 0 Å². The first kappa shape index (κ1) is 16.7. The van der Waals surface area contributed by atoms with Crippen LogP contribution in [0.25, 0.3) is 10.9 Å². The van der Waals surface area contributed by atoms with E-state index < -0.39 is 0 Å². The molecule has 1 aliphatic rings. The number of rotatable bonds is 4. The maximum Gasteiger partial charge on any atom is 0.255 e. The van der Waals surface area contributed by atoms with Crippen LogP contribution in [-0.4, -0.2) is 33.4 Å². The number of aryl methyl sites for hydroxylation is 2. The SMILES string of the molecule is Cc1cc(CC[C@@H]2CCCN2C(=O)c2cnc3ccccc3c2)ccn1. The Bertz CT molecular complexity index is 937. The molecule has 4 nitrogen and oxygen atoms in total. The first-order chi connectivity index (χ1) is 12.7. The third-order valence-electron chi connectivity index (χ3n) is 5.20. The summed E-state index contributed by atoms with van der Waals surface area (Å²) in [5, 5.41) is 1.02.